The Morgan fingerprint density at radius 1 is 1.50 bits per heavy atom. The summed E-state index contributed by atoms with van der Waals surface area (Å²) in [5.74, 6) is 0.378. The van der Waals surface area contributed by atoms with Crippen LogP contribution in [0.15, 0.2) is 18.2 Å². The first-order valence-electron chi connectivity index (χ1n) is 4.71. The quantitative estimate of drug-likeness (QED) is 0.680. The molecule has 0 aromatic heterocycles. The van der Waals surface area contributed by atoms with Crippen LogP contribution in [0.1, 0.15) is 11.1 Å². The molecule has 1 unspecified atom stereocenters. The third-order valence-electron chi connectivity index (χ3n) is 2.63. The van der Waals surface area contributed by atoms with Crippen molar-refractivity contribution in [2.75, 3.05) is 6.54 Å². The summed E-state index contributed by atoms with van der Waals surface area (Å²) in [5, 5.41) is 21.2. The Balaban J connectivity index is 2.11. The topological polar surface area (TPSA) is 56.0 Å². The third kappa shape index (κ3) is 1.57. The molecule has 0 heterocycles. The maximum Gasteiger partial charge on any atom is 0.119 e. The minimum Gasteiger partial charge on any atom is -0.508 e. The highest BCUT2D eigenvalue weighted by Crippen LogP contribution is 2.29. The number of hydrogen-bond donors (Lipinski definition) is 2. The minimum atomic E-state index is 0.304. The van der Waals surface area contributed by atoms with E-state index in [-0.39, 0.29) is 0 Å². The largest absolute Gasteiger partial charge is 0.508 e. The molecule has 1 aliphatic rings. The van der Waals surface area contributed by atoms with Crippen LogP contribution < -0.4 is 5.32 Å². The number of phenols is 1. The number of aromatic hydroxyl groups is 1. The van der Waals surface area contributed by atoms with Crippen LogP contribution in [0.3, 0.4) is 0 Å². The van der Waals surface area contributed by atoms with Gasteiger partial charge in [-0.3, -0.25) is 0 Å². The molecule has 0 radical (unpaired) electrons. The van der Waals surface area contributed by atoms with Gasteiger partial charge < -0.3 is 10.4 Å². The zero-order valence-corrected chi connectivity index (χ0v) is 7.83. The number of benzene rings is 1. The number of nitrogens with zero attached hydrogens (tertiary/aromatic N) is 1. The molecule has 1 aromatic rings. The number of nitrogens with one attached hydrogen (secondary N) is 1. The molecule has 0 aliphatic heterocycles. The summed E-state index contributed by atoms with van der Waals surface area (Å²) in [6, 6.07) is 7.97. The molecule has 2 N–H and O–H groups in total. The second-order valence-electron chi connectivity index (χ2n) is 3.56. The second kappa shape index (κ2) is 3.69. The fourth-order valence-corrected chi connectivity index (χ4v) is 1.97. The molecule has 1 aliphatic carbocycles. The molecular weight excluding hydrogens is 176 g/mol. The molecule has 0 fully saturated rings. The number of hydrogen-bond acceptors (Lipinski definition) is 3. The molecule has 0 saturated carbocycles. The van der Waals surface area contributed by atoms with Crippen molar-refractivity contribution >= 4 is 0 Å². The van der Waals surface area contributed by atoms with E-state index in [0.29, 0.717) is 18.3 Å². The third-order valence-corrected chi connectivity index (χ3v) is 2.63. The Morgan fingerprint density at radius 2 is 2.36 bits per heavy atom. The summed E-state index contributed by atoms with van der Waals surface area (Å²) in [6.07, 6.45) is 1.73. The monoisotopic (exact) mass is 188 g/mol. The molecule has 14 heavy (non-hydrogen) atoms. The van der Waals surface area contributed by atoms with E-state index in [0.717, 1.165) is 18.4 Å². The fraction of sp³-hybridized carbons (Fsp3) is 0.364. The van der Waals surface area contributed by atoms with Crippen LogP contribution in [-0.2, 0) is 12.8 Å². The van der Waals surface area contributed by atoms with Gasteiger partial charge in [0, 0.05) is 6.04 Å². The van der Waals surface area contributed by atoms with E-state index < -0.39 is 0 Å². The molecule has 3 heteroatoms. The van der Waals surface area contributed by atoms with Gasteiger partial charge in [0.1, 0.15) is 5.75 Å². The molecule has 3 nitrogen and oxygen atoms in total. The van der Waals surface area contributed by atoms with E-state index in [4.69, 9.17) is 5.26 Å². The summed E-state index contributed by atoms with van der Waals surface area (Å²) in [5.41, 5.74) is 2.23. The Bertz CT molecular complexity index is 381. The summed E-state index contributed by atoms with van der Waals surface area (Å²) >= 11 is 0. The van der Waals surface area contributed by atoms with Gasteiger partial charge >= 0.3 is 0 Å². The smallest absolute Gasteiger partial charge is 0.119 e. The van der Waals surface area contributed by atoms with Gasteiger partial charge in [0.2, 0.25) is 0 Å². The number of rotatable bonds is 2. The molecule has 0 spiro atoms. The molecule has 0 amide bonds. The summed E-state index contributed by atoms with van der Waals surface area (Å²) in [6.45, 7) is 0.374. The Labute approximate surface area is 83.0 Å². The summed E-state index contributed by atoms with van der Waals surface area (Å²) in [4.78, 5) is 0. The average Bonchev–Trinajstić information content (AvgIpc) is 2.59. The van der Waals surface area contributed by atoms with E-state index in [9.17, 15) is 5.11 Å². The van der Waals surface area contributed by atoms with Crippen molar-refractivity contribution in [3.05, 3.63) is 29.3 Å². The Morgan fingerprint density at radius 3 is 3.07 bits per heavy atom. The van der Waals surface area contributed by atoms with Crippen molar-refractivity contribution in [1.29, 1.82) is 5.26 Å². The van der Waals surface area contributed by atoms with Crippen molar-refractivity contribution in [3.8, 4) is 11.8 Å². The fourth-order valence-electron chi connectivity index (χ4n) is 1.97. The molecule has 1 atom stereocenters. The highest BCUT2D eigenvalue weighted by molar-refractivity contribution is 5.43. The number of nitriles is 1. The van der Waals surface area contributed by atoms with Gasteiger partial charge in [-0.2, -0.15) is 5.26 Å². The first-order chi connectivity index (χ1) is 6.81. The zero-order chi connectivity index (χ0) is 9.97. The molecule has 1 aromatic carbocycles. The van der Waals surface area contributed by atoms with E-state index >= 15 is 0 Å². The first-order valence-corrected chi connectivity index (χ1v) is 4.71. The van der Waals surface area contributed by atoms with Crippen molar-refractivity contribution in [2.24, 2.45) is 0 Å². The van der Waals surface area contributed by atoms with Gasteiger partial charge in [-0.25, -0.2) is 0 Å². The van der Waals surface area contributed by atoms with Crippen LogP contribution in [0.5, 0.6) is 5.75 Å². The maximum absolute atomic E-state index is 9.58. The predicted octanol–water partition coefficient (Wildman–Crippen LogP) is 0.973. The van der Waals surface area contributed by atoms with E-state index in [1.165, 1.54) is 5.56 Å². The van der Waals surface area contributed by atoms with E-state index in [1.54, 1.807) is 6.07 Å². The van der Waals surface area contributed by atoms with Gasteiger partial charge in [-0.05, 0) is 30.0 Å². The second-order valence-corrected chi connectivity index (χ2v) is 3.56. The summed E-state index contributed by atoms with van der Waals surface area (Å²) < 4.78 is 0. The van der Waals surface area contributed by atoms with Crippen molar-refractivity contribution < 1.29 is 5.11 Å². The Hall–Kier alpha value is -1.53. The minimum absolute atomic E-state index is 0.304. The molecular formula is C11H12N2O. The Kier molecular flexibility index (Phi) is 2.38. The lowest BCUT2D eigenvalue weighted by Gasteiger charge is -2.07. The van der Waals surface area contributed by atoms with Crippen molar-refractivity contribution in [2.45, 2.75) is 18.9 Å². The van der Waals surface area contributed by atoms with Crippen LogP contribution in [0.25, 0.3) is 0 Å². The van der Waals surface area contributed by atoms with Crippen LogP contribution in [0.2, 0.25) is 0 Å². The highest BCUT2D eigenvalue weighted by atomic mass is 16.3. The predicted molar refractivity (Wildman–Crippen MR) is 52.9 cm³/mol. The van der Waals surface area contributed by atoms with Crippen LogP contribution >= 0.6 is 0 Å². The van der Waals surface area contributed by atoms with Gasteiger partial charge in [-0.1, -0.05) is 12.1 Å². The molecule has 0 saturated heterocycles. The zero-order valence-electron chi connectivity index (χ0n) is 7.83. The lowest BCUT2D eigenvalue weighted by Crippen LogP contribution is -2.29. The van der Waals surface area contributed by atoms with Gasteiger partial charge in [0.25, 0.3) is 0 Å². The standard InChI is InChI=1S/C11H12N2O/c12-4-5-13-9-6-8-2-1-3-11(14)10(8)7-9/h1-3,9,13-14H,5-7H2. The van der Waals surface area contributed by atoms with Gasteiger partial charge in [0.05, 0.1) is 12.6 Å². The number of fused-ring (bicyclic) bond motifs is 1. The number of phenolic OH excluding ortho intramolecular Hbond substituents is 1. The SMILES string of the molecule is N#CCNC1Cc2cccc(O)c2C1. The lowest BCUT2D eigenvalue weighted by atomic mass is 10.1. The molecule has 2 rings (SSSR count). The first kappa shape index (κ1) is 9.04. The highest BCUT2D eigenvalue weighted by Gasteiger charge is 2.22. The molecule has 72 valence electrons. The molecule has 0 bridgehead atoms. The van der Waals surface area contributed by atoms with Crippen molar-refractivity contribution in [1.82, 2.24) is 5.32 Å². The normalized spacial score (nSPS) is 18.9. The van der Waals surface area contributed by atoms with Crippen LogP contribution in [-0.4, -0.2) is 17.7 Å². The van der Waals surface area contributed by atoms with E-state index in [2.05, 4.69) is 11.4 Å². The van der Waals surface area contributed by atoms with Gasteiger partial charge in [0.15, 0.2) is 0 Å². The average molecular weight is 188 g/mol. The maximum atomic E-state index is 9.58. The lowest BCUT2D eigenvalue weighted by molar-refractivity contribution is 0.466. The van der Waals surface area contributed by atoms with E-state index in [1.807, 2.05) is 12.1 Å². The van der Waals surface area contributed by atoms with Crippen molar-refractivity contribution in [3.63, 3.8) is 0 Å². The summed E-state index contributed by atoms with van der Waals surface area (Å²) in [7, 11) is 0. The van der Waals surface area contributed by atoms with Gasteiger partial charge in [-0.15, -0.1) is 0 Å². The van der Waals surface area contributed by atoms with Crippen LogP contribution in [0, 0.1) is 11.3 Å². The van der Waals surface area contributed by atoms with Crippen LogP contribution in [0.4, 0.5) is 0 Å².